The van der Waals surface area contributed by atoms with E-state index in [2.05, 4.69) is 49.7 Å². The van der Waals surface area contributed by atoms with Crippen molar-refractivity contribution in [3.05, 3.63) is 49.1 Å². The van der Waals surface area contributed by atoms with E-state index in [1.807, 2.05) is 18.7 Å². The first-order chi connectivity index (χ1) is 8.92. The fourth-order valence-electron chi connectivity index (χ4n) is 2.39. The summed E-state index contributed by atoms with van der Waals surface area (Å²) < 4.78 is 2.12. The molecule has 4 nitrogen and oxygen atoms in total. The summed E-state index contributed by atoms with van der Waals surface area (Å²) in [5, 5.41) is 0. The third-order valence-corrected chi connectivity index (χ3v) is 3.42. The van der Waals surface area contributed by atoms with Gasteiger partial charge in [-0.2, -0.15) is 0 Å². The van der Waals surface area contributed by atoms with Gasteiger partial charge in [0.25, 0.3) is 0 Å². The molecule has 0 spiro atoms. The van der Waals surface area contributed by atoms with Gasteiger partial charge in [-0.1, -0.05) is 18.2 Å². The molecule has 2 aromatic rings. The maximum absolute atomic E-state index is 4.08. The molecule has 0 amide bonds. The number of hydrogen-bond acceptors (Lipinski definition) is 3. The fourth-order valence-corrected chi connectivity index (χ4v) is 2.39. The Labute approximate surface area is 107 Å². The minimum absolute atomic E-state index is 0.947. The highest BCUT2D eigenvalue weighted by atomic mass is 15.3. The van der Waals surface area contributed by atoms with E-state index in [9.17, 15) is 0 Å². The molecule has 1 fully saturated rings. The summed E-state index contributed by atoms with van der Waals surface area (Å²) in [7, 11) is 0. The maximum atomic E-state index is 4.08. The molecule has 1 aliphatic heterocycles. The molecule has 4 heteroatoms. The van der Waals surface area contributed by atoms with Gasteiger partial charge in [-0.05, 0) is 12.1 Å². The third kappa shape index (κ3) is 2.54. The normalized spacial score (nSPS) is 17.0. The first kappa shape index (κ1) is 11.3. The minimum atomic E-state index is 0.947. The lowest BCUT2D eigenvalue weighted by atomic mass is 10.2. The van der Waals surface area contributed by atoms with Crippen LogP contribution in [0.3, 0.4) is 0 Å². The van der Waals surface area contributed by atoms with E-state index in [0.717, 1.165) is 32.8 Å². The van der Waals surface area contributed by atoms with Crippen LogP contribution >= 0.6 is 0 Å². The van der Waals surface area contributed by atoms with E-state index in [0.29, 0.717) is 0 Å². The van der Waals surface area contributed by atoms with E-state index in [1.54, 1.807) is 0 Å². The fraction of sp³-hybridized carbons (Fsp3) is 0.357. The molecule has 0 saturated carbocycles. The maximum Gasteiger partial charge on any atom is 0.0956 e. The molecule has 0 bridgehead atoms. The predicted octanol–water partition coefficient (Wildman–Crippen LogP) is 1.66. The Kier molecular flexibility index (Phi) is 3.28. The van der Waals surface area contributed by atoms with Gasteiger partial charge in [0.05, 0.1) is 13.0 Å². The average molecular weight is 242 g/mol. The van der Waals surface area contributed by atoms with Crippen LogP contribution in [0.4, 0.5) is 5.69 Å². The van der Waals surface area contributed by atoms with Crippen LogP contribution in [-0.4, -0.2) is 40.6 Å². The average Bonchev–Trinajstić information content (AvgIpc) is 2.94. The number of hydrogen-bond donors (Lipinski definition) is 0. The zero-order chi connectivity index (χ0) is 12.2. The molecule has 3 rings (SSSR count). The van der Waals surface area contributed by atoms with Gasteiger partial charge in [-0.15, -0.1) is 0 Å². The molecule has 1 aliphatic rings. The van der Waals surface area contributed by atoms with Crippen molar-refractivity contribution in [1.29, 1.82) is 0 Å². The molecule has 1 aromatic heterocycles. The Morgan fingerprint density at radius 1 is 1.00 bits per heavy atom. The van der Waals surface area contributed by atoms with Gasteiger partial charge >= 0.3 is 0 Å². The Morgan fingerprint density at radius 3 is 2.44 bits per heavy atom. The molecular formula is C14H18N4. The van der Waals surface area contributed by atoms with Gasteiger partial charge in [-0.25, -0.2) is 4.98 Å². The molecule has 94 valence electrons. The summed E-state index contributed by atoms with van der Waals surface area (Å²) in [6, 6.07) is 10.6. The summed E-state index contributed by atoms with van der Waals surface area (Å²) in [4.78, 5) is 8.98. The Morgan fingerprint density at radius 2 is 1.78 bits per heavy atom. The van der Waals surface area contributed by atoms with E-state index < -0.39 is 0 Å². The highest BCUT2D eigenvalue weighted by Gasteiger charge is 2.16. The quantitative estimate of drug-likeness (QED) is 0.818. The second-order valence-electron chi connectivity index (χ2n) is 4.66. The smallest absolute Gasteiger partial charge is 0.0956 e. The molecule has 18 heavy (non-hydrogen) atoms. The standard InChI is InChI=1S/C14H18N4/c1-2-4-14(5-3-1)18-10-8-16(9-11-18)13-17-7-6-15-12-17/h1-7,12H,8-11,13H2. The summed E-state index contributed by atoms with van der Waals surface area (Å²) in [6.07, 6.45) is 5.73. The number of rotatable bonds is 3. The highest BCUT2D eigenvalue weighted by molar-refractivity contribution is 5.46. The number of anilines is 1. The van der Waals surface area contributed by atoms with E-state index in [1.165, 1.54) is 5.69 Å². The van der Waals surface area contributed by atoms with Crippen LogP contribution in [0.1, 0.15) is 0 Å². The highest BCUT2D eigenvalue weighted by Crippen LogP contribution is 2.15. The van der Waals surface area contributed by atoms with Gasteiger partial charge in [0.2, 0.25) is 0 Å². The lowest BCUT2D eigenvalue weighted by Gasteiger charge is -2.36. The number of aromatic nitrogens is 2. The van der Waals surface area contributed by atoms with Gasteiger partial charge < -0.3 is 9.47 Å². The number of benzene rings is 1. The van der Waals surface area contributed by atoms with E-state index in [-0.39, 0.29) is 0 Å². The Balaban J connectivity index is 1.55. The number of imidazole rings is 1. The van der Waals surface area contributed by atoms with Gasteiger partial charge in [0.15, 0.2) is 0 Å². The van der Waals surface area contributed by atoms with Crippen molar-refractivity contribution < 1.29 is 0 Å². The number of piperazine rings is 1. The van der Waals surface area contributed by atoms with Crippen LogP contribution in [0, 0.1) is 0 Å². The zero-order valence-electron chi connectivity index (χ0n) is 10.4. The molecule has 0 unspecified atom stereocenters. The molecule has 2 heterocycles. The summed E-state index contributed by atoms with van der Waals surface area (Å²) in [5.74, 6) is 0. The van der Waals surface area contributed by atoms with Crippen molar-refractivity contribution in [2.24, 2.45) is 0 Å². The van der Waals surface area contributed by atoms with Gasteiger partial charge in [-0.3, -0.25) is 4.90 Å². The van der Waals surface area contributed by atoms with Crippen LogP contribution in [0.2, 0.25) is 0 Å². The Bertz CT molecular complexity index is 458. The lowest BCUT2D eigenvalue weighted by molar-refractivity contribution is 0.206. The van der Waals surface area contributed by atoms with Crippen molar-refractivity contribution in [2.75, 3.05) is 31.1 Å². The molecule has 0 aliphatic carbocycles. The van der Waals surface area contributed by atoms with Crippen molar-refractivity contribution in [3.63, 3.8) is 0 Å². The predicted molar refractivity (Wildman–Crippen MR) is 72.5 cm³/mol. The van der Waals surface area contributed by atoms with Crippen molar-refractivity contribution in [2.45, 2.75) is 6.67 Å². The minimum Gasteiger partial charge on any atom is -0.369 e. The summed E-state index contributed by atoms with van der Waals surface area (Å²) >= 11 is 0. The molecule has 0 radical (unpaired) electrons. The van der Waals surface area contributed by atoms with Crippen LogP contribution in [-0.2, 0) is 6.67 Å². The zero-order valence-corrected chi connectivity index (χ0v) is 10.4. The largest absolute Gasteiger partial charge is 0.369 e. The molecule has 0 atom stereocenters. The lowest BCUT2D eigenvalue weighted by Crippen LogP contribution is -2.46. The van der Waals surface area contributed by atoms with Crippen LogP contribution < -0.4 is 4.90 Å². The summed E-state index contributed by atoms with van der Waals surface area (Å²) in [6.45, 7) is 5.35. The van der Waals surface area contributed by atoms with Crippen LogP contribution in [0.5, 0.6) is 0 Å². The number of nitrogens with zero attached hydrogens (tertiary/aromatic N) is 4. The van der Waals surface area contributed by atoms with E-state index in [4.69, 9.17) is 0 Å². The second-order valence-corrected chi connectivity index (χ2v) is 4.66. The second kappa shape index (κ2) is 5.23. The van der Waals surface area contributed by atoms with Crippen LogP contribution in [0.25, 0.3) is 0 Å². The van der Waals surface area contributed by atoms with Crippen molar-refractivity contribution in [3.8, 4) is 0 Å². The Hall–Kier alpha value is -1.81. The van der Waals surface area contributed by atoms with Crippen molar-refractivity contribution >= 4 is 5.69 Å². The summed E-state index contributed by atoms with van der Waals surface area (Å²) in [5.41, 5.74) is 1.33. The number of para-hydroxylation sites is 1. The molecule has 0 N–H and O–H groups in total. The van der Waals surface area contributed by atoms with Crippen LogP contribution in [0.15, 0.2) is 49.1 Å². The van der Waals surface area contributed by atoms with E-state index >= 15 is 0 Å². The molecule has 1 saturated heterocycles. The van der Waals surface area contributed by atoms with Crippen molar-refractivity contribution in [1.82, 2.24) is 14.5 Å². The molecule has 1 aromatic carbocycles. The first-order valence-corrected chi connectivity index (χ1v) is 6.40. The van der Waals surface area contributed by atoms with Gasteiger partial charge in [0.1, 0.15) is 0 Å². The monoisotopic (exact) mass is 242 g/mol. The SMILES string of the molecule is c1ccc(N2CCN(Cn3ccnc3)CC2)cc1. The van der Waals surface area contributed by atoms with Gasteiger partial charge in [0, 0.05) is 44.3 Å². The third-order valence-electron chi connectivity index (χ3n) is 3.42. The first-order valence-electron chi connectivity index (χ1n) is 6.40. The topological polar surface area (TPSA) is 24.3 Å². The molecular weight excluding hydrogens is 224 g/mol.